The zero-order valence-corrected chi connectivity index (χ0v) is 11.2. The van der Waals surface area contributed by atoms with Crippen LogP contribution in [0.15, 0.2) is 24.3 Å². The lowest BCUT2D eigenvalue weighted by molar-refractivity contribution is 0.0205. The highest BCUT2D eigenvalue weighted by Gasteiger charge is 2.37. The highest BCUT2D eigenvalue weighted by molar-refractivity contribution is 6.31. The zero-order chi connectivity index (χ0) is 12.3. The highest BCUT2D eigenvalue weighted by atomic mass is 35.5. The lowest BCUT2D eigenvalue weighted by Gasteiger charge is -2.27. The number of halogens is 1. The van der Waals surface area contributed by atoms with Gasteiger partial charge in [0.15, 0.2) is 0 Å². The standard InChI is InChI=1S/C14H20ClNO/c1-3-17-14(10-8-9-10)13(16-2)11-6-4-5-7-12(11)15/h4-7,10,13-14,16H,3,8-9H2,1-2H3. The van der Waals surface area contributed by atoms with Gasteiger partial charge in [-0.1, -0.05) is 29.8 Å². The normalized spacial score (nSPS) is 19.0. The Hall–Kier alpha value is -0.570. The molecule has 1 fully saturated rings. The van der Waals surface area contributed by atoms with Crippen molar-refractivity contribution >= 4 is 11.6 Å². The smallest absolute Gasteiger partial charge is 0.0798 e. The molecule has 0 radical (unpaired) electrons. The first-order chi connectivity index (χ1) is 8.27. The summed E-state index contributed by atoms with van der Waals surface area (Å²) in [5, 5.41) is 4.17. The van der Waals surface area contributed by atoms with Gasteiger partial charge in [-0.15, -0.1) is 0 Å². The minimum atomic E-state index is 0.191. The summed E-state index contributed by atoms with van der Waals surface area (Å²) >= 11 is 6.27. The number of likely N-dealkylation sites (N-methyl/N-ethyl adjacent to an activating group) is 1. The van der Waals surface area contributed by atoms with Crippen molar-refractivity contribution in [2.24, 2.45) is 5.92 Å². The third-order valence-electron chi connectivity index (χ3n) is 3.33. The second-order valence-corrected chi connectivity index (χ2v) is 4.95. The molecule has 1 aliphatic carbocycles. The molecule has 1 saturated carbocycles. The van der Waals surface area contributed by atoms with Gasteiger partial charge >= 0.3 is 0 Å². The highest BCUT2D eigenvalue weighted by Crippen LogP contribution is 2.41. The van der Waals surface area contributed by atoms with Crippen LogP contribution >= 0.6 is 11.6 Å². The molecule has 2 nitrogen and oxygen atoms in total. The quantitative estimate of drug-likeness (QED) is 0.839. The molecule has 0 saturated heterocycles. The Bertz CT molecular complexity index is 365. The summed E-state index contributed by atoms with van der Waals surface area (Å²) in [5.41, 5.74) is 1.14. The molecule has 1 N–H and O–H groups in total. The molecular formula is C14H20ClNO. The summed E-state index contributed by atoms with van der Waals surface area (Å²) in [6, 6.07) is 8.21. The number of ether oxygens (including phenoxy) is 1. The fourth-order valence-electron chi connectivity index (χ4n) is 2.35. The Balaban J connectivity index is 2.21. The molecule has 0 aliphatic heterocycles. The lowest BCUT2D eigenvalue weighted by atomic mass is 9.98. The van der Waals surface area contributed by atoms with Gasteiger partial charge in [0, 0.05) is 11.6 Å². The molecule has 1 aromatic rings. The van der Waals surface area contributed by atoms with Crippen LogP contribution in [0.25, 0.3) is 0 Å². The fourth-order valence-corrected chi connectivity index (χ4v) is 2.60. The van der Waals surface area contributed by atoms with Crippen molar-refractivity contribution in [3.8, 4) is 0 Å². The number of benzene rings is 1. The van der Waals surface area contributed by atoms with E-state index in [-0.39, 0.29) is 12.1 Å². The molecule has 1 aromatic carbocycles. The molecule has 3 heteroatoms. The van der Waals surface area contributed by atoms with E-state index in [9.17, 15) is 0 Å². The van der Waals surface area contributed by atoms with E-state index in [0.717, 1.165) is 17.2 Å². The molecule has 0 bridgehead atoms. The van der Waals surface area contributed by atoms with Crippen molar-refractivity contribution in [2.45, 2.75) is 31.9 Å². The maximum Gasteiger partial charge on any atom is 0.0798 e. The molecule has 2 rings (SSSR count). The van der Waals surface area contributed by atoms with Crippen molar-refractivity contribution < 1.29 is 4.74 Å². The van der Waals surface area contributed by atoms with Crippen LogP contribution in [-0.4, -0.2) is 19.8 Å². The second kappa shape index (κ2) is 5.85. The van der Waals surface area contributed by atoms with Crippen LogP contribution in [0, 0.1) is 5.92 Å². The first-order valence-corrected chi connectivity index (χ1v) is 6.69. The Kier molecular flexibility index (Phi) is 4.43. The van der Waals surface area contributed by atoms with Crippen molar-refractivity contribution in [3.63, 3.8) is 0 Å². The van der Waals surface area contributed by atoms with E-state index in [1.54, 1.807) is 0 Å². The van der Waals surface area contributed by atoms with Crippen molar-refractivity contribution in [1.82, 2.24) is 5.32 Å². The van der Waals surface area contributed by atoms with Crippen molar-refractivity contribution in [1.29, 1.82) is 0 Å². The van der Waals surface area contributed by atoms with E-state index in [1.807, 2.05) is 25.2 Å². The number of hydrogen-bond donors (Lipinski definition) is 1. The van der Waals surface area contributed by atoms with E-state index < -0.39 is 0 Å². The molecule has 17 heavy (non-hydrogen) atoms. The van der Waals surface area contributed by atoms with Gasteiger partial charge in [0.1, 0.15) is 0 Å². The lowest BCUT2D eigenvalue weighted by Crippen LogP contribution is -2.33. The molecule has 94 valence electrons. The van der Waals surface area contributed by atoms with E-state index >= 15 is 0 Å². The van der Waals surface area contributed by atoms with Crippen LogP contribution in [0.2, 0.25) is 5.02 Å². The van der Waals surface area contributed by atoms with Crippen LogP contribution in [0.5, 0.6) is 0 Å². The first-order valence-electron chi connectivity index (χ1n) is 6.31. The van der Waals surface area contributed by atoms with Gasteiger partial charge in [-0.3, -0.25) is 0 Å². The third-order valence-corrected chi connectivity index (χ3v) is 3.67. The topological polar surface area (TPSA) is 21.3 Å². The molecule has 0 amide bonds. The second-order valence-electron chi connectivity index (χ2n) is 4.55. The van der Waals surface area contributed by atoms with Gasteiger partial charge in [-0.25, -0.2) is 0 Å². The van der Waals surface area contributed by atoms with Crippen molar-refractivity contribution in [3.05, 3.63) is 34.9 Å². The molecule has 2 atom stereocenters. The number of hydrogen-bond acceptors (Lipinski definition) is 2. The van der Waals surface area contributed by atoms with Gasteiger partial charge in [0.25, 0.3) is 0 Å². The maximum absolute atomic E-state index is 6.27. The predicted octanol–water partition coefficient (Wildman–Crippen LogP) is 3.42. The summed E-state index contributed by atoms with van der Waals surface area (Å²) in [6.07, 6.45) is 2.78. The largest absolute Gasteiger partial charge is 0.376 e. The van der Waals surface area contributed by atoms with Crippen LogP contribution in [-0.2, 0) is 4.74 Å². The molecule has 0 spiro atoms. The predicted molar refractivity (Wildman–Crippen MR) is 71.4 cm³/mol. The Labute approximate surface area is 108 Å². The maximum atomic E-state index is 6.27. The van der Waals surface area contributed by atoms with Gasteiger partial charge in [0.2, 0.25) is 0 Å². The van der Waals surface area contributed by atoms with Crippen LogP contribution in [0.4, 0.5) is 0 Å². The summed E-state index contributed by atoms with van der Waals surface area (Å²) in [7, 11) is 1.97. The number of nitrogens with one attached hydrogen (secondary N) is 1. The molecule has 2 unspecified atom stereocenters. The zero-order valence-electron chi connectivity index (χ0n) is 10.4. The third kappa shape index (κ3) is 3.01. The Morgan fingerprint density at radius 2 is 2.12 bits per heavy atom. The van der Waals surface area contributed by atoms with Gasteiger partial charge in [-0.2, -0.15) is 0 Å². The first kappa shape index (κ1) is 12.9. The molecular weight excluding hydrogens is 234 g/mol. The molecule has 0 aromatic heterocycles. The average Bonchev–Trinajstić information content (AvgIpc) is 3.15. The summed E-state index contributed by atoms with van der Waals surface area (Å²) in [5.74, 6) is 0.684. The van der Waals surface area contributed by atoms with Crippen LogP contribution in [0.3, 0.4) is 0 Å². The Morgan fingerprint density at radius 1 is 1.41 bits per heavy atom. The van der Waals surface area contributed by atoms with Gasteiger partial charge in [-0.05, 0) is 44.4 Å². The van der Waals surface area contributed by atoms with Gasteiger partial charge in [0.05, 0.1) is 12.1 Å². The van der Waals surface area contributed by atoms with E-state index in [1.165, 1.54) is 12.8 Å². The molecule has 1 aliphatic rings. The van der Waals surface area contributed by atoms with Crippen molar-refractivity contribution in [2.75, 3.05) is 13.7 Å². The van der Waals surface area contributed by atoms with Gasteiger partial charge < -0.3 is 10.1 Å². The minimum Gasteiger partial charge on any atom is -0.376 e. The van der Waals surface area contributed by atoms with Crippen LogP contribution in [0.1, 0.15) is 31.4 Å². The van der Waals surface area contributed by atoms with E-state index in [0.29, 0.717) is 5.92 Å². The monoisotopic (exact) mass is 253 g/mol. The summed E-state index contributed by atoms with van der Waals surface area (Å²) < 4.78 is 5.91. The number of rotatable bonds is 6. The minimum absolute atomic E-state index is 0.191. The average molecular weight is 254 g/mol. The van der Waals surface area contributed by atoms with E-state index in [2.05, 4.69) is 18.3 Å². The Morgan fingerprint density at radius 3 is 2.65 bits per heavy atom. The molecule has 0 heterocycles. The summed E-state index contributed by atoms with van der Waals surface area (Å²) in [6.45, 7) is 2.80. The van der Waals surface area contributed by atoms with Crippen LogP contribution < -0.4 is 5.32 Å². The fraction of sp³-hybridized carbons (Fsp3) is 0.571. The summed E-state index contributed by atoms with van der Waals surface area (Å²) in [4.78, 5) is 0. The van der Waals surface area contributed by atoms with E-state index in [4.69, 9.17) is 16.3 Å². The SMILES string of the molecule is CCOC(C1CC1)C(NC)c1ccccc1Cl.